The Morgan fingerprint density at radius 1 is 1.12 bits per heavy atom. The number of hydrogen-bond acceptors (Lipinski definition) is 4. The fraction of sp³-hybridized carbons (Fsp3) is 0.389. The van der Waals surface area contributed by atoms with Crippen molar-refractivity contribution in [1.29, 1.82) is 0 Å². The molecule has 2 aromatic rings. The first-order valence-corrected chi connectivity index (χ1v) is 8.51. The van der Waals surface area contributed by atoms with Crippen LogP contribution in [0.3, 0.4) is 0 Å². The van der Waals surface area contributed by atoms with Gasteiger partial charge in [-0.05, 0) is 49.6 Å². The lowest BCUT2D eigenvalue weighted by molar-refractivity contribution is 0.0930. The molecule has 1 aromatic heterocycles. The molecule has 1 unspecified atom stereocenters. The third kappa shape index (κ3) is 3.46. The molecule has 1 saturated heterocycles. The van der Waals surface area contributed by atoms with Gasteiger partial charge in [0.05, 0.1) is 5.69 Å². The summed E-state index contributed by atoms with van der Waals surface area (Å²) in [6.07, 6.45) is 3.44. The minimum atomic E-state index is -0.396. The molecule has 2 aliphatic rings. The number of aromatic nitrogens is 2. The maximum absolute atomic E-state index is 13.1. The Labute approximate surface area is 144 Å². The van der Waals surface area contributed by atoms with Gasteiger partial charge in [0.25, 0.3) is 11.5 Å². The molecule has 25 heavy (non-hydrogen) atoms. The lowest BCUT2D eigenvalue weighted by atomic mass is 10.2. The minimum absolute atomic E-state index is 0.112. The highest BCUT2D eigenvalue weighted by Gasteiger charge is 2.34. The number of likely N-dealkylation sites (tertiary alicyclic amines) is 1. The van der Waals surface area contributed by atoms with Crippen LogP contribution >= 0.6 is 0 Å². The molecule has 1 aliphatic carbocycles. The zero-order chi connectivity index (χ0) is 17.4. The van der Waals surface area contributed by atoms with Crippen molar-refractivity contribution in [2.45, 2.75) is 31.3 Å². The van der Waals surface area contributed by atoms with Crippen molar-refractivity contribution in [2.24, 2.45) is 0 Å². The molecule has 0 spiro atoms. The molecule has 130 valence electrons. The van der Waals surface area contributed by atoms with Crippen LogP contribution < -0.4 is 10.9 Å². The third-order valence-corrected chi connectivity index (χ3v) is 4.72. The van der Waals surface area contributed by atoms with E-state index >= 15 is 0 Å². The van der Waals surface area contributed by atoms with E-state index in [1.807, 2.05) is 0 Å². The van der Waals surface area contributed by atoms with Gasteiger partial charge in [-0.2, -0.15) is 9.78 Å². The average molecular weight is 342 g/mol. The van der Waals surface area contributed by atoms with E-state index in [1.54, 1.807) is 0 Å². The Balaban J connectivity index is 1.50. The Hall–Kier alpha value is -2.54. The molecule has 1 atom stereocenters. The van der Waals surface area contributed by atoms with Crippen LogP contribution in [0.4, 0.5) is 4.39 Å². The summed E-state index contributed by atoms with van der Waals surface area (Å²) in [7, 11) is 0. The zero-order valence-corrected chi connectivity index (χ0v) is 13.7. The smallest absolute Gasteiger partial charge is 0.272 e. The number of nitrogens with zero attached hydrogens (tertiary/aromatic N) is 3. The van der Waals surface area contributed by atoms with Crippen molar-refractivity contribution in [2.75, 3.05) is 13.1 Å². The van der Waals surface area contributed by atoms with Crippen LogP contribution in [-0.4, -0.2) is 45.8 Å². The van der Waals surface area contributed by atoms with Gasteiger partial charge in [0.2, 0.25) is 0 Å². The fourth-order valence-electron chi connectivity index (χ4n) is 3.24. The molecule has 2 heterocycles. The second-order valence-corrected chi connectivity index (χ2v) is 6.63. The van der Waals surface area contributed by atoms with Crippen molar-refractivity contribution < 1.29 is 9.18 Å². The van der Waals surface area contributed by atoms with E-state index in [0.29, 0.717) is 11.7 Å². The summed E-state index contributed by atoms with van der Waals surface area (Å²) in [5.41, 5.74) is 0.222. The number of benzene rings is 1. The minimum Gasteiger partial charge on any atom is -0.347 e. The monoisotopic (exact) mass is 342 g/mol. The van der Waals surface area contributed by atoms with Gasteiger partial charge in [-0.1, -0.05) is 0 Å². The summed E-state index contributed by atoms with van der Waals surface area (Å²) in [6.45, 7) is 1.88. The first-order chi connectivity index (χ1) is 12.1. The summed E-state index contributed by atoms with van der Waals surface area (Å²) in [5.74, 6) is -0.689. The second-order valence-electron chi connectivity index (χ2n) is 6.63. The summed E-state index contributed by atoms with van der Waals surface area (Å²) in [6, 6.07) is 8.94. The van der Waals surface area contributed by atoms with Gasteiger partial charge < -0.3 is 5.32 Å². The van der Waals surface area contributed by atoms with E-state index in [-0.39, 0.29) is 23.2 Å². The lowest BCUT2D eigenvalue weighted by Crippen LogP contribution is -2.38. The van der Waals surface area contributed by atoms with Crippen molar-refractivity contribution in [3.63, 3.8) is 0 Å². The standard InChI is InChI=1S/C18H19FN4O2/c19-12-1-3-15(4-2-12)23-17(24)8-7-16(21-23)18(25)20-13-9-10-22(11-13)14-5-6-14/h1-4,7-8,13-14H,5-6,9-11H2,(H,20,25). The van der Waals surface area contributed by atoms with E-state index in [0.717, 1.165) is 24.2 Å². The van der Waals surface area contributed by atoms with Crippen molar-refractivity contribution >= 4 is 5.91 Å². The molecule has 7 heteroatoms. The predicted octanol–water partition coefficient (Wildman–Crippen LogP) is 1.34. The summed E-state index contributed by atoms with van der Waals surface area (Å²) in [4.78, 5) is 26.9. The maximum atomic E-state index is 13.1. The Bertz CT molecular complexity index is 845. The quantitative estimate of drug-likeness (QED) is 0.910. The van der Waals surface area contributed by atoms with Gasteiger partial charge >= 0.3 is 0 Å². The van der Waals surface area contributed by atoms with Gasteiger partial charge in [0.1, 0.15) is 11.5 Å². The molecule has 4 rings (SSSR count). The summed E-state index contributed by atoms with van der Waals surface area (Å²) >= 11 is 0. The molecule has 1 saturated carbocycles. The van der Waals surface area contributed by atoms with E-state index in [4.69, 9.17) is 0 Å². The van der Waals surface area contributed by atoms with Gasteiger partial charge in [-0.3, -0.25) is 14.5 Å². The number of carbonyl (C=O) groups excluding carboxylic acids is 1. The predicted molar refractivity (Wildman–Crippen MR) is 90.3 cm³/mol. The first-order valence-electron chi connectivity index (χ1n) is 8.51. The molecule has 1 N–H and O–H groups in total. The van der Waals surface area contributed by atoms with Crippen LogP contribution in [0, 0.1) is 5.82 Å². The van der Waals surface area contributed by atoms with Crippen LogP contribution in [0.25, 0.3) is 5.69 Å². The number of amides is 1. The van der Waals surface area contributed by atoms with Crippen molar-refractivity contribution in [3.05, 3.63) is 58.3 Å². The Kier molecular flexibility index (Phi) is 4.09. The number of hydrogen-bond donors (Lipinski definition) is 1. The van der Waals surface area contributed by atoms with Crippen LogP contribution in [0.2, 0.25) is 0 Å². The number of nitrogens with one attached hydrogen (secondary N) is 1. The Morgan fingerprint density at radius 3 is 2.60 bits per heavy atom. The lowest BCUT2D eigenvalue weighted by Gasteiger charge is -2.15. The largest absolute Gasteiger partial charge is 0.347 e. The highest BCUT2D eigenvalue weighted by atomic mass is 19.1. The zero-order valence-electron chi connectivity index (χ0n) is 13.7. The maximum Gasteiger partial charge on any atom is 0.272 e. The molecule has 6 nitrogen and oxygen atoms in total. The van der Waals surface area contributed by atoms with E-state index in [2.05, 4.69) is 15.3 Å². The van der Waals surface area contributed by atoms with Crippen LogP contribution in [-0.2, 0) is 0 Å². The normalized spacial score (nSPS) is 20.6. The number of carbonyl (C=O) groups is 1. The SMILES string of the molecule is O=C(NC1CCN(C2CC2)C1)c1ccc(=O)n(-c2ccc(F)cc2)n1. The molecule has 1 aromatic carbocycles. The van der Waals surface area contributed by atoms with Crippen LogP contribution in [0.1, 0.15) is 29.8 Å². The average Bonchev–Trinajstić information content (AvgIpc) is 3.36. The second kappa shape index (κ2) is 6.40. The van der Waals surface area contributed by atoms with Crippen molar-refractivity contribution in [3.8, 4) is 5.69 Å². The fourth-order valence-corrected chi connectivity index (χ4v) is 3.24. The van der Waals surface area contributed by atoms with Gasteiger partial charge in [-0.25, -0.2) is 4.39 Å². The van der Waals surface area contributed by atoms with Crippen LogP contribution in [0.5, 0.6) is 0 Å². The number of halogens is 1. The molecule has 1 aliphatic heterocycles. The molecular weight excluding hydrogens is 323 g/mol. The van der Waals surface area contributed by atoms with Gasteiger partial charge in [0.15, 0.2) is 0 Å². The van der Waals surface area contributed by atoms with E-state index in [9.17, 15) is 14.0 Å². The molecule has 1 amide bonds. The van der Waals surface area contributed by atoms with E-state index < -0.39 is 5.82 Å². The summed E-state index contributed by atoms with van der Waals surface area (Å²) < 4.78 is 14.2. The van der Waals surface area contributed by atoms with Crippen molar-refractivity contribution in [1.82, 2.24) is 20.0 Å². The summed E-state index contributed by atoms with van der Waals surface area (Å²) in [5, 5.41) is 7.13. The van der Waals surface area contributed by atoms with Crippen LogP contribution in [0.15, 0.2) is 41.2 Å². The molecular formula is C18H19FN4O2. The topological polar surface area (TPSA) is 67.2 Å². The molecule has 2 fully saturated rings. The third-order valence-electron chi connectivity index (χ3n) is 4.72. The van der Waals surface area contributed by atoms with E-state index in [1.165, 1.54) is 49.2 Å². The Morgan fingerprint density at radius 2 is 1.88 bits per heavy atom. The molecule has 0 bridgehead atoms. The number of rotatable bonds is 4. The van der Waals surface area contributed by atoms with Gasteiger partial charge in [0, 0.05) is 31.2 Å². The van der Waals surface area contributed by atoms with Gasteiger partial charge in [-0.15, -0.1) is 0 Å². The highest BCUT2D eigenvalue weighted by molar-refractivity contribution is 5.92. The highest BCUT2D eigenvalue weighted by Crippen LogP contribution is 2.29. The molecule has 0 radical (unpaired) electrons. The first kappa shape index (κ1) is 16.0.